The van der Waals surface area contributed by atoms with E-state index in [9.17, 15) is 4.79 Å². The van der Waals surface area contributed by atoms with Crippen LogP contribution < -0.4 is 14.8 Å². The molecule has 0 bridgehead atoms. The molecule has 0 aliphatic heterocycles. The first-order valence-corrected chi connectivity index (χ1v) is 7.17. The lowest BCUT2D eigenvalue weighted by atomic mass is 10.2. The molecule has 1 aromatic carbocycles. The summed E-state index contributed by atoms with van der Waals surface area (Å²) in [7, 11) is 3.09. The first-order valence-electron chi connectivity index (χ1n) is 6.79. The normalized spacial score (nSPS) is 10.6. The molecule has 7 heteroatoms. The van der Waals surface area contributed by atoms with Crippen LogP contribution in [0.2, 0.25) is 5.15 Å². The molecule has 3 rings (SSSR count). The summed E-state index contributed by atoms with van der Waals surface area (Å²) < 4.78 is 10.4. The maximum atomic E-state index is 12.3. The van der Waals surface area contributed by atoms with Crippen molar-refractivity contribution in [3.63, 3.8) is 0 Å². The summed E-state index contributed by atoms with van der Waals surface area (Å²) in [5, 5.41) is 3.97. The van der Waals surface area contributed by atoms with Crippen LogP contribution >= 0.6 is 11.6 Å². The number of aromatic amines is 1. The molecule has 0 saturated heterocycles. The monoisotopic (exact) mass is 331 g/mol. The summed E-state index contributed by atoms with van der Waals surface area (Å²) in [6.45, 7) is 0. The molecule has 1 amide bonds. The van der Waals surface area contributed by atoms with Crippen LogP contribution in [0.4, 0.5) is 5.69 Å². The molecule has 0 saturated carbocycles. The van der Waals surface area contributed by atoms with Crippen molar-refractivity contribution in [3.05, 3.63) is 47.2 Å². The standard InChI is InChI=1S/C16H14ClN3O3/c1-22-12-5-4-10(8-13(12)23-2)18-16(21)11-7-9-3-6-14(17)20-15(9)19-11/h3-8H,1-2H3,(H,18,21)(H,19,20). The van der Waals surface area contributed by atoms with Crippen LogP contribution in [-0.4, -0.2) is 30.1 Å². The van der Waals surface area contributed by atoms with Crippen molar-refractivity contribution in [1.82, 2.24) is 9.97 Å². The van der Waals surface area contributed by atoms with Gasteiger partial charge in [0, 0.05) is 17.1 Å². The first-order chi connectivity index (χ1) is 11.1. The van der Waals surface area contributed by atoms with Crippen molar-refractivity contribution in [2.75, 3.05) is 19.5 Å². The SMILES string of the molecule is COc1ccc(NC(=O)c2cc3ccc(Cl)nc3[nH]2)cc1OC. The van der Waals surface area contributed by atoms with Crippen molar-refractivity contribution >= 4 is 34.2 Å². The summed E-state index contributed by atoms with van der Waals surface area (Å²) in [4.78, 5) is 19.4. The minimum Gasteiger partial charge on any atom is -0.493 e. The highest BCUT2D eigenvalue weighted by Crippen LogP contribution is 2.30. The van der Waals surface area contributed by atoms with Crippen molar-refractivity contribution < 1.29 is 14.3 Å². The van der Waals surface area contributed by atoms with Crippen LogP contribution in [0.5, 0.6) is 11.5 Å². The average Bonchev–Trinajstić information content (AvgIpc) is 2.97. The Bertz CT molecular complexity index is 876. The fourth-order valence-electron chi connectivity index (χ4n) is 2.22. The third kappa shape index (κ3) is 3.07. The van der Waals surface area contributed by atoms with Crippen LogP contribution in [0.25, 0.3) is 11.0 Å². The van der Waals surface area contributed by atoms with E-state index in [4.69, 9.17) is 21.1 Å². The van der Waals surface area contributed by atoms with Gasteiger partial charge in [0.2, 0.25) is 0 Å². The molecular weight excluding hydrogens is 318 g/mol. The van der Waals surface area contributed by atoms with Gasteiger partial charge in [-0.3, -0.25) is 4.79 Å². The molecule has 2 aromatic heterocycles. The zero-order chi connectivity index (χ0) is 16.4. The second-order valence-corrected chi connectivity index (χ2v) is 5.17. The van der Waals surface area contributed by atoms with Gasteiger partial charge >= 0.3 is 0 Å². The first kappa shape index (κ1) is 15.2. The van der Waals surface area contributed by atoms with Gasteiger partial charge in [-0.2, -0.15) is 0 Å². The number of rotatable bonds is 4. The highest BCUT2D eigenvalue weighted by Gasteiger charge is 2.12. The number of pyridine rings is 1. The molecule has 6 nitrogen and oxygen atoms in total. The van der Waals surface area contributed by atoms with Crippen molar-refractivity contribution in [3.8, 4) is 11.5 Å². The van der Waals surface area contributed by atoms with Crippen molar-refractivity contribution in [2.45, 2.75) is 0 Å². The molecular formula is C16H14ClN3O3. The fourth-order valence-corrected chi connectivity index (χ4v) is 2.36. The number of anilines is 1. The average molecular weight is 332 g/mol. The number of nitrogens with zero attached hydrogens (tertiary/aromatic N) is 1. The minimum absolute atomic E-state index is 0.286. The van der Waals surface area contributed by atoms with Crippen LogP contribution in [0.1, 0.15) is 10.5 Å². The molecule has 0 unspecified atom stereocenters. The zero-order valence-corrected chi connectivity index (χ0v) is 13.3. The number of fused-ring (bicyclic) bond motifs is 1. The van der Waals surface area contributed by atoms with Crippen molar-refractivity contribution in [2.24, 2.45) is 0 Å². The van der Waals surface area contributed by atoms with E-state index in [0.29, 0.717) is 33.7 Å². The Hall–Kier alpha value is -2.73. The Morgan fingerprint density at radius 2 is 1.91 bits per heavy atom. The number of amides is 1. The Balaban J connectivity index is 1.85. The van der Waals surface area contributed by atoms with Gasteiger partial charge in [0.15, 0.2) is 11.5 Å². The summed E-state index contributed by atoms with van der Waals surface area (Å²) in [6.07, 6.45) is 0. The number of hydrogen-bond acceptors (Lipinski definition) is 4. The summed E-state index contributed by atoms with van der Waals surface area (Å²) in [5.74, 6) is 0.844. The van der Waals surface area contributed by atoms with E-state index >= 15 is 0 Å². The number of aromatic nitrogens is 2. The van der Waals surface area contributed by atoms with Gasteiger partial charge in [0.25, 0.3) is 5.91 Å². The highest BCUT2D eigenvalue weighted by atomic mass is 35.5. The number of carbonyl (C=O) groups is 1. The molecule has 0 spiro atoms. The second kappa shape index (κ2) is 6.18. The fraction of sp³-hybridized carbons (Fsp3) is 0.125. The number of hydrogen-bond donors (Lipinski definition) is 2. The van der Waals surface area contributed by atoms with Crippen LogP contribution in [0.3, 0.4) is 0 Å². The molecule has 2 N–H and O–H groups in total. The lowest BCUT2D eigenvalue weighted by Gasteiger charge is -2.10. The third-order valence-electron chi connectivity index (χ3n) is 3.33. The molecule has 0 aliphatic carbocycles. The predicted molar refractivity (Wildman–Crippen MR) is 88.6 cm³/mol. The minimum atomic E-state index is -0.286. The van der Waals surface area contributed by atoms with E-state index in [-0.39, 0.29) is 5.91 Å². The molecule has 0 radical (unpaired) electrons. The lowest BCUT2D eigenvalue weighted by molar-refractivity contribution is 0.102. The molecule has 23 heavy (non-hydrogen) atoms. The third-order valence-corrected chi connectivity index (χ3v) is 3.54. The maximum Gasteiger partial charge on any atom is 0.272 e. The molecule has 3 aromatic rings. The Morgan fingerprint density at radius 3 is 2.65 bits per heavy atom. The Morgan fingerprint density at radius 1 is 1.13 bits per heavy atom. The zero-order valence-electron chi connectivity index (χ0n) is 12.5. The van der Waals surface area contributed by atoms with E-state index in [1.807, 2.05) is 0 Å². The summed E-state index contributed by atoms with van der Waals surface area (Å²) in [6, 6.07) is 10.3. The van der Waals surface area contributed by atoms with Gasteiger partial charge in [0.05, 0.1) is 14.2 Å². The van der Waals surface area contributed by atoms with Gasteiger partial charge in [-0.15, -0.1) is 0 Å². The Kier molecular flexibility index (Phi) is 4.08. The van der Waals surface area contributed by atoms with Gasteiger partial charge < -0.3 is 19.8 Å². The van der Waals surface area contributed by atoms with Gasteiger partial charge in [-0.1, -0.05) is 11.6 Å². The quantitative estimate of drug-likeness (QED) is 0.717. The van der Waals surface area contributed by atoms with Gasteiger partial charge in [-0.05, 0) is 30.3 Å². The number of ether oxygens (including phenoxy) is 2. The Labute approximate surface area is 137 Å². The molecule has 0 aliphatic rings. The number of halogens is 1. The number of carbonyl (C=O) groups excluding carboxylic acids is 1. The van der Waals surface area contributed by atoms with E-state index < -0.39 is 0 Å². The summed E-state index contributed by atoms with van der Waals surface area (Å²) >= 11 is 5.84. The molecule has 118 valence electrons. The maximum absolute atomic E-state index is 12.3. The van der Waals surface area contributed by atoms with Gasteiger partial charge in [-0.25, -0.2) is 4.98 Å². The van der Waals surface area contributed by atoms with Crippen molar-refractivity contribution in [1.29, 1.82) is 0 Å². The second-order valence-electron chi connectivity index (χ2n) is 4.78. The van der Waals surface area contributed by atoms with E-state index in [0.717, 1.165) is 5.39 Å². The molecule has 2 heterocycles. The van der Waals surface area contributed by atoms with Crippen LogP contribution in [0, 0.1) is 0 Å². The molecule has 0 fully saturated rings. The number of methoxy groups -OCH3 is 2. The lowest BCUT2D eigenvalue weighted by Crippen LogP contribution is -2.12. The largest absolute Gasteiger partial charge is 0.493 e. The number of benzene rings is 1. The molecule has 0 atom stereocenters. The highest BCUT2D eigenvalue weighted by molar-refractivity contribution is 6.29. The van der Waals surface area contributed by atoms with E-state index in [1.54, 1.807) is 43.5 Å². The number of H-pyrrole nitrogens is 1. The van der Waals surface area contributed by atoms with Crippen LogP contribution in [0.15, 0.2) is 36.4 Å². The predicted octanol–water partition coefficient (Wildman–Crippen LogP) is 3.49. The topological polar surface area (TPSA) is 76.2 Å². The van der Waals surface area contributed by atoms with Gasteiger partial charge in [0.1, 0.15) is 16.5 Å². The number of nitrogens with one attached hydrogen (secondary N) is 2. The smallest absolute Gasteiger partial charge is 0.272 e. The van der Waals surface area contributed by atoms with Crippen LogP contribution in [-0.2, 0) is 0 Å². The van der Waals surface area contributed by atoms with E-state index in [2.05, 4.69) is 15.3 Å². The summed E-state index contributed by atoms with van der Waals surface area (Å²) in [5.41, 5.74) is 1.55. The van der Waals surface area contributed by atoms with E-state index in [1.165, 1.54) is 7.11 Å².